The van der Waals surface area contributed by atoms with Crippen molar-refractivity contribution in [1.82, 2.24) is 14.5 Å². The maximum absolute atomic E-state index is 10.3. The molecule has 0 saturated heterocycles. The molecule has 1 atom stereocenters. The summed E-state index contributed by atoms with van der Waals surface area (Å²) < 4.78 is 7.77. The van der Waals surface area contributed by atoms with Gasteiger partial charge in [-0.25, -0.2) is 4.98 Å². The first kappa shape index (κ1) is 15.0. The lowest BCUT2D eigenvalue weighted by atomic mass is 10.2. The number of nitrogens with zero attached hydrogens (tertiary/aromatic N) is 2. The zero-order valence-corrected chi connectivity index (χ0v) is 13.7. The third-order valence-corrected chi connectivity index (χ3v) is 4.72. The molecule has 0 spiro atoms. The number of aromatic amines is 1. The first-order chi connectivity index (χ1) is 11.8. The highest BCUT2D eigenvalue weighted by Crippen LogP contribution is 2.25. The van der Waals surface area contributed by atoms with E-state index >= 15 is 0 Å². The van der Waals surface area contributed by atoms with Gasteiger partial charge in [0.1, 0.15) is 24.3 Å². The summed E-state index contributed by atoms with van der Waals surface area (Å²) in [4.78, 5) is 8.62. The van der Waals surface area contributed by atoms with E-state index in [0.29, 0.717) is 6.54 Å². The highest BCUT2D eigenvalue weighted by molar-refractivity contribution is 7.13. The zero-order chi connectivity index (χ0) is 16.4. The van der Waals surface area contributed by atoms with Gasteiger partial charge in [-0.2, -0.15) is 0 Å². The minimum Gasteiger partial charge on any atom is -0.490 e. The van der Waals surface area contributed by atoms with Crippen molar-refractivity contribution >= 4 is 22.2 Å². The van der Waals surface area contributed by atoms with Crippen molar-refractivity contribution in [2.45, 2.75) is 12.6 Å². The fourth-order valence-corrected chi connectivity index (χ4v) is 3.47. The van der Waals surface area contributed by atoms with E-state index in [-0.39, 0.29) is 6.61 Å². The minimum atomic E-state index is -0.618. The monoisotopic (exact) mass is 339 g/mol. The molecule has 2 N–H and O–H groups in total. The fraction of sp³-hybridized carbons (Fsp3) is 0.167. The number of aliphatic hydroxyl groups excluding tert-OH is 1. The summed E-state index contributed by atoms with van der Waals surface area (Å²) in [5, 5.41) is 13.4. The van der Waals surface area contributed by atoms with E-state index in [9.17, 15) is 5.11 Å². The number of imidazole rings is 1. The molecule has 122 valence electrons. The number of nitrogens with one attached hydrogen (secondary N) is 1. The van der Waals surface area contributed by atoms with Crippen LogP contribution in [0.2, 0.25) is 0 Å². The summed E-state index contributed by atoms with van der Waals surface area (Å²) in [6.45, 7) is 0.669. The SMILES string of the molecule is O[C@H](COc1cccc2[nH]ccc12)Cn1ccnc1-c1cccs1. The van der Waals surface area contributed by atoms with E-state index < -0.39 is 6.10 Å². The van der Waals surface area contributed by atoms with Crippen LogP contribution in [0.4, 0.5) is 0 Å². The lowest BCUT2D eigenvalue weighted by Crippen LogP contribution is -2.23. The molecule has 0 radical (unpaired) electrons. The molecule has 24 heavy (non-hydrogen) atoms. The normalized spacial score (nSPS) is 12.5. The van der Waals surface area contributed by atoms with Gasteiger partial charge in [0.15, 0.2) is 0 Å². The Kier molecular flexibility index (Phi) is 4.06. The van der Waals surface area contributed by atoms with Gasteiger partial charge in [-0.05, 0) is 29.6 Å². The summed E-state index contributed by atoms with van der Waals surface area (Å²) in [5.74, 6) is 1.65. The average molecular weight is 339 g/mol. The van der Waals surface area contributed by atoms with Crippen LogP contribution in [0.25, 0.3) is 21.6 Å². The molecular formula is C18H17N3O2S. The van der Waals surface area contributed by atoms with Crippen LogP contribution in [0.1, 0.15) is 0 Å². The van der Waals surface area contributed by atoms with E-state index in [1.54, 1.807) is 17.5 Å². The quantitative estimate of drug-likeness (QED) is 0.565. The maximum Gasteiger partial charge on any atom is 0.150 e. The number of thiophene rings is 1. The molecule has 3 aromatic heterocycles. The maximum atomic E-state index is 10.3. The van der Waals surface area contributed by atoms with E-state index in [1.807, 2.05) is 58.7 Å². The lowest BCUT2D eigenvalue weighted by Gasteiger charge is -2.15. The third kappa shape index (κ3) is 2.93. The van der Waals surface area contributed by atoms with Gasteiger partial charge in [0.2, 0.25) is 0 Å². The molecule has 0 unspecified atom stereocenters. The van der Waals surface area contributed by atoms with Crippen LogP contribution < -0.4 is 4.74 Å². The predicted molar refractivity (Wildman–Crippen MR) is 95.3 cm³/mol. The lowest BCUT2D eigenvalue weighted by molar-refractivity contribution is 0.0936. The molecule has 3 heterocycles. The highest BCUT2D eigenvalue weighted by atomic mass is 32.1. The smallest absolute Gasteiger partial charge is 0.150 e. The van der Waals surface area contributed by atoms with Crippen molar-refractivity contribution in [1.29, 1.82) is 0 Å². The fourth-order valence-electron chi connectivity index (χ4n) is 2.74. The Labute approximate surface area is 143 Å². The number of H-pyrrole nitrogens is 1. The van der Waals surface area contributed by atoms with Gasteiger partial charge in [-0.15, -0.1) is 11.3 Å². The molecule has 0 aliphatic carbocycles. The van der Waals surface area contributed by atoms with Crippen molar-refractivity contribution in [2.75, 3.05) is 6.61 Å². The topological polar surface area (TPSA) is 63.1 Å². The van der Waals surface area contributed by atoms with Gasteiger partial charge in [0.25, 0.3) is 0 Å². The van der Waals surface area contributed by atoms with Crippen LogP contribution in [0.3, 0.4) is 0 Å². The second-order valence-electron chi connectivity index (χ2n) is 5.54. The van der Waals surface area contributed by atoms with Crippen LogP contribution in [0, 0.1) is 0 Å². The largest absolute Gasteiger partial charge is 0.490 e. The van der Waals surface area contributed by atoms with E-state index in [2.05, 4.69) is 9.97 Å². The number of ether oxygens (including phenoxy) is 1. The van der Waals surface area contributed by atoms with Crippen molar-refractivity contribution in [3.05, 3.63) is 60.4 Å². The number of aliphatic hydroxyl groups is 1. The first-order valence-electron chi connectivity index (χ1n) is 7.73. The molecule has 5 nitrogen and oxygen atoms in total. The second-order valence-corrected chi connectivity index (χ2v) is 6.49. The molecule has 0 aliphatic heterocycles. The molecule has 0 bridgehead atoms. The molecule has 0 saturated carbocycles. The van der Waals surface area contributed by atoms with Crippen molar-refractivity contribution in [3.63, 3.8) is 0 Å². The molecule has 4 rings (SSSR count). The summed E-state index contributed by atoms with van der Waals surface area (Å²) in [6, 6.07) is 11.8. The van der Waals surface area contributed by atoms with E-state index in [4.69, 9.17) is 4.74 Å². The van der Waals surface area contributed by atoms with E-state index in [0.717, 1.165) is 27.4 Å². The van der Waals surface area contributed by atoms with Gasteiger partial charge in [0.05, 0.1) is 11.4 Å². The molecule has 0 fully saturated rings. The summed E-state index contributed by atoms with van der Waals surface area (Å²) in [5.41, 5.74) is 1.02. The third-order valence-electron chi connectivity index (χ3n) is 3.85. The van der Waals surface area contributed by atoms with Gasteiger partial charge >= 0.3 is 0 Å². The van der Waals surface area contributed by atoms with Crippen LogP contribution in [0.15, 0.2) is 60.4 Å². The molecule has 0 amide bonds. The van der Waals surface area contributed by atoms with Crippen molar-refractivity contribution in [2.24, 2.45) is 0 Å². The summed E-state index contributed by atoms with van der Waals surface area (Å²) in [6.07, 6.45) is 4.90. The Balaban J connectivity index is 1.44. The van der Waals surface area contributed by atoms with Gasteiger partial charge in [-0.3, -0.25) is 0 Å². The standard InChI is InChI=1S/C18H17N3O2S/c22-13(11-21-9-8-20-18(21)17-5-2-10-24-17)12-23-16-4-1-3-15-14(16)6-7-19-15/h1-10,13,19,22H,11-12H2/t13-/m0/s1. The second kappa shape index (κ2) is 6.51. The number of benzene rings is 1. The number of hydrogen-bond acceptors (Lipinski definition) is 4. The van der Waals surface area contributed by atoms with Gasteiger partial charge < -0.3 is 19.4 Å². The van der Waals surface area contributed by atoms with E-state index in [1.165, 1.54) is 0 Å². The van der Waals surface area contributed by atoms with Gasteiger partial charge in [-0.1, -0.05) is 12.1 Å². The first-order valence-corrected chi connectivity index (χ1v) is 8.61. The number of aromatic nitrogens is 3. The van der Waals surface area contributed by atoms with Crippen LogP contribution in [-0.2, 0) is 6.54 Å². The predicted octanol–water partition coefficient (Wildman–Crippen LogP) is 3.53. The Bertz CT molecular complexity index is 927. The molecule has 4 aromatic rings. The zero-order valence-electron chi connectivity index (χ0n) is 12.9. The Morgan fingerprint density at radius 1 is 1.25 bits per heavy atom. The van der Waals surface area contributed by atoms with Gasteiger partial charge in [0, 0.05) is 29.5 Å². The van der Waals surface area contributed by atoms with Crippen LogP contribution >= 0.6 is 11.3 Å². The molecule has 1 aromatic carbocycles. The Morgan fingerprint density at radius 3 is 3.08 bits per heavy atom. The molecular weight excluding hydrogens is 322 g/mol. The van der Waals surface area contributed by atoms with Crippen LogP contribution in [0.5, 0.6) is 5.75 Å². The molecule has 6 heteroatoms. The summed E-state index contributed by atoms with van der Waals surface area (Å²) >= 11 is 1.63. The molecule has 0 aliphatic rings. The summed E-state index contributed by atoms with van der Waals surface area (Å²) in [7, 11) is 0. The Hall–Kier alpha value is -2.57. The average Bonchev–Trinajstić information content (AvgIpc) is 3.32. The number of rotatable bonds is 6. The highest BCUT2D eigenvalue weighted by Gasteiger charge is 2.12. The van der Waals surface area contributed by atoms with Crippen LogP contribution in [-0.4, -0.2) is 32.4 Å². The van der Waals surface area contributed by atoms with Crippen molar-refractivity contribution < 1.29 is 9.84 Å². The number of hydrogen-bond donors (Lipinski definition) is 2. The van der Waals surface area contributed by atoms with Crippen molar-refractivity contribution in [3.8, 4) is 16.5 Å². The number of fused-ring (bicyclic) bond motifs is 1. The Morgan fingerprint density at radius 2 is 2.21 bits per heavy atom. The minimum absolute atomic E-state index is 0.229.